The summed E-state index contributed by atoms with van der Waals surface area (Å²) in [7, 11) is 0. The van der Waals surface area contributed by atoms with Crippen molar-refractivity contribution in [2.24, 2.45) is 0 Å². The van der Waals surface area contributed by atoms with E-state index in [1.165, 1.54) is 61.2 Å². The first-order chi connectivity index (χ1) is 20.3. The number of hydrogen-bond acceptors (Lipinski definition) is 0. The van der Waals surface area contributed by atoms with E-state index in [2.05, 4.69) is 183 Å². The number of benzene rings is 6. The van der Waals surface area contributed by atoms with Gasteiger partial charge in [0.2, 0.25) is 0 Å². The molecule has 0 fully saturated rings. The lowest BCUT2D eigenvalue weighted by atomic mass is 9.78. The topological polar surface area (TPSA) is 0 Å². The second-order valence-electron chi connectivity index (χ2n) is 10.1. The Bertz CT molecular complexity index is 1740. The van der Waals surface area contributed by atoms with Gasteiger partial charge in [0, 0.05) is 0 Å². The van der Waals surface area contributed by atoms with Crippen molar-refractivity contribution in [3.8, 4) is 0 Å². The Kier molecular flexibility index (Phi) is 7.83. The van der Waals surface area contributed by atoms with E-state index < -0.39 is 0 Å². The number of hydrogen-bond donors (Lipinski definition) is 0. The summed E-state index contributed by atoms with van der Waals surface area (Å²) in [5, 5.41) is 0. The van der Waals surface area contributed by atoms with Crippen LogP contribution in [0.5, 0.6) is 0 Å². The summed E-state index contributed by atoms with van der Waals surface area (Å²) in [6, 6.07) is 62.9. The molecule has 0 saturated heterocycles. The molecule has 0 aliphatic carbocycles. The molecule has 0 heterocycles. The van der Waals surface area contributed by atoms with Crippen LogP contribution in [0.1, 0.15) is 38.9 Å². The fraction of sp³-hybridized carbons (Fsp3) is 0.0244. The predicted octanol–water partition coefficient (Wildman–Crippen LogP) is 10.6. The Morgan fingerprint density at radius 3 is 0.976 bits per heavy atom. The van der Waals surface area contributed by atoms with Gasteiger partial charge in [0.05, 0.1) is 0 Å². The maximum atomic E-state index is 2.26. The highest BCUT2D eigenvalue weighted by Crippen LogP contribution is 2.46. The van der Waals surface area contributed by atoms with Gasteiger partial charge in [0.15, 0.2) is 0 Å². The molecular formula is C41H32. The number of rotatable bonds is 7. The van der Waals surface area contributed by atoms with E-state index in [0.29, 0.717) is 0 Å². The van der Waals surface area contributed by atoms with Gasteiger partial charge in [-0.2, -0.15) is 0 Å². The van der Waals surface area contributed by atoms with Gasteiger partial charge >= 0.3 is 0 Å². The predicted molar refractivity (Wildman–Crippen MR) is 175 cm³/mol. The normalized spacial score (nSPS) is 11.4. The van der Waals surface area contributed by atoms with Crippen LogP contribution in [0, 0.1) is 6.92 Å². The van der Waals surface area contributed by atoms with Crippen molar-refractivity contribution in [2.45, 2.75) is 6.92 Å². The van der Waals surface area contributed by atoms with E-state index in [1.807, 2.05) is 0 Å². The average molecular weight is 525 g/mol. The first kappa shape index (κ1) is 26.0. The molecule has 0 bridgehead atoms. The van der Waals surface area contributed by atoms with Crippen LogP contribution in [0.4, 0.5) is 0 Å². The fourth-order valence-corrected chi connectivity index (χ4v) is 5.59. The molecule has 41 heavy (non-hydrogen) atoms. The molecule has 0 saturated carbocycles. The fourth-order valence-electron chi connectivity index (χ4n) is 5.59. The Hall–Kier alpha value is -5.20. The third-order valence-electron chi connectivity index (χ3n) is 7.48. The maximum Gasteiger partial charge on any atom is -0.00142 e. The molecule has 0 aliphatic rings. The van der Waals surface area contributed by atoms with Crippen LogP contribution >= 0.6 is 0 Å². The van der Waals surface area contributed by atoms with Crippen LogP contribution in [-0.4, -0.2) is 0 Å². The maximum absolute atomic E-state index is 2.26. The van der Waals surface area contributed by atoms with E-state index in [9.17, 15) is 0 Å². The lowest BCUT2D eigenvalue weighted by molar-refractivity contribution is 1.41. The molecule has 0 amide bonds. The molecule has 6 rings (SSSR count). The Morgan fingerprint density at radius 1 is 0.293 bits per heavy atom. The SMILES string of the molecule is Cc1ccccc1/C(=C(/C(=C(c1ccccc1)c1ccccc1)c1ccccc1)c1ccccc1)c1ccccc1. The summed E-state index contributed by atoms with van der Waals surface area (Å²) in [5.41, 5.74) is 13.2. The minimum absolute atomic E-state index is 1.18. The van der Waals surface area contributed by atoms with E-state index in [0.717, 1.165) is 0 Å². The summed E-state index contributed by atoms with van der Waals surface area (Å²) in [6.07, 6.45) is 0. The van der Waals surface area contributed by atoms with Crippen molar-refractivity contribution in [3.63, 3.8) is 0 Å². The van der Waals surface area contributed by atoms with Crippen LogP contribution in [0.3, 0.4) is 0 Å². The molecule has 0 aliphatic heterocycles. The summed E-state index contributed by atoms with van der Waals surface area (Å²) in [4.78, 5) is 0. The molecule has 0 atom stereocenters. The van der Waals surface area contributed by atoms with Gasteiger partial charge in [0.25, 0.3) is 0 Å². The highest BCUT2D eigenvalue weighted by atomic mass is 14.3. The number of allylic oxidation sites excluding steroid dienone is 2. The van der Waals surface area contributed by atoms with Gasteiger partial charge < -0.3 is 0 Å². The Balaban J connectivity index is 1.88. The third kappa shape index (κ3) is 5.60. The minimum atomic E-state index is 1.18. The summed E-state index contributed by atoms with van der Waals surface area (Å²) < 4.78 is 0. The van der Waals surface area contributed by atoms with Crippen molar-refractivity contribution in [3.05, 3.63) is 215 Å². The van der Waals surface area contributed by atoms with E-state index in [-0.39, 0.29) is 0 Å². The Morgan fingerprint density at radius 2 is 0.585 bits per heavy atom. The lowest BCUT2D eigenvalue weighted by Crippen LogP contribution is -2.03. The monoisotopic (exact) mass is 524 g/mol. The van der Waals surface area contributed by atoms with E-state index >= 15 is 0 Å². The quantitative estimate of drug-likeness (QED) is 0.144. The molecule has 0 radical (unpaired) electrons. The highest BCUT2D eigenvalue weighted by Gasteiger charge is 2.24. The molecule has 6 aromatic rings. The van der Waals surface area contributed by atoms with Crippen molar-refractivity contribution < 1.29 is 0 Å². The van der Waals surface area contributed by atoms with E-state index in [1.54, 1.807) is 0 Å². The van der Waals surface area contributed by atoms with Gasteiger partial charge in [-0.25, -0.2) is 0 Å². The van der Waals surface area contributed by atoms with Crippen LogP contribution in [0.15, 0.2) is 176 Å². The molecule has 0 N–H and O–H groups in total. The molecule has 6 aromatic carbocycles. The van der Waals surface area contributed by atoms with Gasteiger partial charge in [-0.3, -0.25) is 0 Å². The zero-order chi connectivity index (χ0) is 27.9. The van der Waals surface area contributed by atoms with Crippen molar-refractivity contribution >= 4 is 22.3 Å². The molecule has 196 valence electrons. The Labute approximate surface area is 243 Å². The second-order valence-corrected chi connectivity index (χ2v) is 10.1. The molecule has 0 spiro atoms. The second kappa shape index (κ2) is 12.3. The number of aryl methyl sites for hydroxylation is 1. The average Bonchev–Trinajstić information content (AvgIpc) is 3.05. The molecule has 0 heteroatoms. The third-order valence-corrected chi connectivity index (χ3v) is 7.48. The van der Waals surface area contributed by atoms with E-state index in [4.69, 9.17) is 0 Å². The molecule has 0 aromatic heterocycles. The zero-order valence-electron chi connectivity index (χ0n) is 23.2. The van der Waals surface area contributed by atoms with Gasteiger partial charge in [-0.1, -0.05) is 176 Å². The van der Waals surface area contributed by atoms with Crippen LogP contribution in [0.25, 0.3) is 22.3 Å². The van der Waals surface area contributed by atoms with Crippen molar-refractivity contribution in [2.75, 3.05) is 0 Å². The zero-order valence-corrected chi connectivity index (χ0v) is 23.2. The first-order valence-corrected chi connectivity index (χ1v) is 14.1. The van der Waals surface area contributed by atoms with Gasteiger partial charge in [-0.05, 0) is 68.2 Å². The molecule has 0 unspecified atom stereocenters. The van der Waals surface area contributed by atoms with Crippen molar-refractivity contribution in [1.82, 2.24) is 0 Å². The standard InChI is InChI=1S/C41H32/c1-31-19-17-18-30-37(31)39(34-24-11-4-12-25-34)41(36-28-15-6-16-29-36)40(35-26-13-5-14-27-35)38(32-20-7-2-8-21-32)33-22-9-3-10-23-33/h2-30H,1H3/b41-39+. The van der Waals surface area contributed by atoms with Crippen LogP contribution in [0.2, 0.25) is 0 Å². The summed E-state index contributed by atoms with van der Waals surface area (Å²) in [5.74, 6) is 0. The molecule has 0 nitrogen and oxygen atoms in total. The largest absolute Gasteiger partial charge is 0.0622 e. The first-order valence-electron chi connectivity index (χ1n) is 14.1. The van der Waals surface area contributed by atoms with Crippen LogP contribution in [-0.2, 0) is 0 Å². The van der Waals surface area contributed by atoms with Crippen LogP contribution < -0.4 is 0 Å². The molecular weight excluding hydrogens is 492 g/mol. The minimum Gasteiger partial charge on any atom is -0.0622 e. The lowest BCUT2D eigenvalue weighted by Gasteiger charge is -2.25. The van der Waals surface area contributed by atoms with Gasteiger partial charge in [0.1, 0.15) is 0 Å². The van der Waals surface area contributed by atoms with Crippen molar-refractivity contribution in [1.29, 1.82) is 0 Å². The van der Waals surface area contributed by atoms with Gasteiger partial charge in [-0.15, -0.1) is 0 Å². The highest BCUT2D eigenvalue weighted by molar-refractivity contribution is 6.25. The summed E-state index contributed by atoms with van der Waals surface area (Å²) in [6.45, 7) is 2.21. The summed E-state index contributed by atoms with van der Waals surface area (Å²) >= 11 is 0. The smallest absolute Gasteiger partial charge is 0.00142 e.